The van der Waals surface area contributed by atoms with E-state index in [0.717, 1.165) is 11.1 Å². The summed E-state index contributed by atoms with van der Waals surface area (Å²) >= 11 is 7.87. The molecule has 2 rings (SSSR count). The van der Waals surface area contributed by atoms with Gasteiger partial charge in [-0.1, -0.05) is 43.0 Å². The summed E-state index contributed by atoms with van der Waals surface area (Å²) in [6.45, 7) is 1.95. The second kappa shape index (κ2) is 6.63. The van der Waals surface area contributed by atoms with Crippen LogP contribution >= 0.6 is 23.4 Å². The summed E-state index contributed by atoms with van der Waals surface area (Å²) in [5.41, 5.74) is 1.77. The number of aryl methyl sites for hydroxylation is 1. The van der Waals surface area contributed by atoms with Crippen LogP contribution in [0.15, 0.2) is 18.2 Å². The minimum Gasteiger partial charge on any atom is -0.293 e. The number of halogens is 1. The van der Waals surface area contributed by atoms with Crippen molar-refractivity contribution < 1.29 is 4.79 Å². The van der Waals surface area contributed by atoms with Crippen molar-refractivity contribution in [1.29, 1.82) is 0 Å². The fourth-order valence-corrected chi connectivity index (χ4v) is 3.68. The largest absolute Gasteiger partial charge is 0.293 e. The Labute approximate surface area is 118 Å². The number of Topliss-reactive ketones (excluding diaryl/α,β-unsaturated/α-hetero) is 1. The summed E-state index contributed by atoms with van der Waals surface area (Å²) in [6.07, 6.45) is 6.54. The maximum atomic E-state index is 12.1. The maximum absolute atomic E-state index is 12.1. The SMILES string of the molecule is Cc1ccc(C(=O)CSC2CCCCC2)cc1Cl. The van der Waals surface area contributed by atoms with Crippen molar-refractivity contribution in [2.24, 2.45) is 0 Å². The van der Waals surface area contributed by atoms with Gasteiger partial charge in [-0.25, -0.2) is 0 Å². The maximum Gasteiger partial charge on any atom is 0.172 e. The molecule has 0 aromatic heterocycles. The molecule has 0 spiro atoms. The molecule has 98 valence electrons. The van der Waals surface area contributed by atoms with Crippen molar-refractivity contribution >= 4 is 29.1 Å². The Morgan fingerprint density at radius 3 is 2.72 bits per heavy atom. The Kier molecular flexibility index (Phi) is 5.13. The van der Waals surface area contributed by atoms with Crippen LogP contribution in [0.2, 0.25) is 5.02 Å². The quantitative estimate of drug-likeness (QED) is 0.731. The summed E-state index contributed by atoms with van der Waals surface area (Å²) in [6, 6.07) is 5.59. The lowest BCUT2D eigenvalue weighted by Crippen LogP contribution is -2.12. The monoisotopic (exact) mass is 282 g/mol. The van der Waals surface area contributed by atoms with Gasteiger partial charge >= 0.3 is 0 Å². The van der Waals surface area contributed by atoms with E-state index in [9.17, 15) is 4.79 Å². The first kappa shape index (κ1) is 14.0. The van der Waals surface area contributed by atoms with Crippen molar-refractivity contribution in [3.05, 3.63) is 34.3 Å². The lowest BCUT2D eigenvalue weighted by Gasteiger charge is -2.20. The first-order valence-electron chi connectivity index (χ1n) is 6.58. The summed E-state index contributed by atoms with van der Waals surface area (Å²) in [4.78, 5) is 12.1. The average molecular weight is 283 g/mol. The Balaban J connectivity index is 1.88. The third-order valence-electron chi connectivity index (χ3n) is 3.50. The Morgan fingerprint density at radius 1 is 1.33 bits per heavy atom. The van der Waals surface area contributed by atoms with Crippen molar-refractivity contribution in [3.63, 3.8) is 0 Å². The van der Waals surface area contributed by atoms with E-state index in [2.05, 4.69) is 0 Å². The molecule has 0 unspecified atom stereocenters. The van der Waals surface area contributed by atoms with Crippen molar-refractivity contribution in [3.8, 4) is 0 Å². The van der Waals surface area contributed by atoms with Crippen LogP contribution in [0, 0.1) is 6.92 Å². The van der Waals surface area contributed by atoms with Crippen LogP contribution in [0.4, 0.5) is 0 Å². The van der Waals surface area contributed by atoms with Gasteiger partial charge in [0, 0.05) is 15.8 Å². The zero-order chi connectivity index (χ0) is 13.0. The molecule has 0 saturated heterocycles. The predicted molar refractivity (Wildman–Crippen MR) is 79.9 cm³/mol. The minimum atomic E-state index is 0.201. The van der Waals surface area contributed by atoms with Gasteiger partial charge in [-0.2, -0.15) is 11.8 Å². The molecule has 1 nitrogen and oxygen atoms in total. The van der Waals surface area contributed by atoms with Crippen LogP contribution in [0.3, 0.4) is 0 Å². The second-order valence-corrected chi connectivity index (χ2v) is 6.65. The molecule has 1 saturated carbocycles. The first-order chi connectivity index (χ1) is 8.66. The lowest BCUT2D eigenvalue weighted by atomic mass is 10.0. The molecule has 0 N–H and O–H groups in total. The molecule has 1 fully saturated rings. The van der Waals surface area contributed by atoms with E-state index >= 15 is 0 Å². The van der Waals surface area contributed by atoms with Crippen molar-refractivity contribution in [2.45, 2.75) is 44.3 Å². The van der Waals surface area contributed by atoms with E-state index < -0.39 is 0 Å². The van der Waals surface area contributed by atoms with Gasteiger partial charge in [0.25, 0.3) is 0 Å². The zero-order valence-corrected chi connectivity index (χ0v) is 12.3. The Hall–Kier alpha value is -0.470. The van der Waals surface area contributed by atoms with E-state index in [1.807, 2.05) is 30.8 Å². The highest BCUT2D eigenvalue weighted by atomic mass is 35.5. The molecular weight excluding hydrogens is 264 g/mol. The van der Waals surface area contributed by atoms with E-state index in [-0.39, 0.29) is 5.78 Å². The molecule has 0 aliphatic heterocycles. The Bertz CT molecular complexity index is 425. The molecule has 3 heteroatoms. The number of hydrogen-bond donors (Lipinski definition) is 0. The number of thioether (sulfide) groups is 1. The molecule has 0 bridgehead atoms. The van der Waals surface area contributed by atoms with Gasteiger partial charge in [-0.05, 0) is 31.4 Å². The molecule has 18 heavy (non-hydrogen) atoms. The summed E-state index contributed by atoms with van der Waals surface area (Å²) in [7, 11) is 0. The summed E-state index contributed by atoms with van der Waals surface area (Å²) in [5, 5.41) is 1.37. The molecule has 0 radical (unpaired) electrons. The molecule has 1 aromatic rings. The minimum absolute atomic E-state index is 0.201. The zero-order valence-electron chi connectivity index (χ0n) is 10.7. The number of carbonyl (C=O) groups is 1. The van der Waals surface area contributed by atoms with E-state index in [4.69, 9.17) is 11.6 Å². The fraction of sp³-hybridized carbons (Fsp3) is 0.533. The van der Waals surface area contributed by atoms with Gasteiger partial charge in [-0.3, -0.25) is 4.79 Å². The predicted octanol–water partition coefficient (Wildman–Crippen LogP) is 4.90. The molecule has 1 aliphatic rings. The fourth-order valence-electron chi connectivity index (χ4n) is 2.27. The van der Waals surface area contributed by atoms with Gasteiger partial charge in [0.05, 0.1) is 5.75 Å². The van der Waals surface area contributed by atoms with Gasteiger partial charge in [0.1, 0.15) is 0 Å². The van der Waals surface area contributed by atoms with Crippen molar-refractivity contribution in [2.75, 3.05) is 5.75 Å². The highest BCUT2D eigenvalue weighted by Crippen LogP contribution is 2.29. The van der Waals surface area contributed by atoms with Gasteiger partial charge < -0.3 is 0 Å². The number of carbonyl (C=O) groups excluding carboxylic acids is 1. The number of hydrogen-bond acceptors (Lipinski definition) is 2. The van der Waals surface area contributed by atoms with Crippen LogP contribution in [0.5, 0.6) is 0 Å². The molecular formula is C15H19ClOS. The molecule has 1 aliphatic carbocycles. The van der Waals surface area contributed by atoms with E-state index in [0.29, 0.717) is 16.0 Å². The van der Waals surface area contributed by atoms with Crippen LogP contribution in [0.25, 0.3) is 0 Å². The number of benzene rings is 1. The first-order valence-corrected chi connectivity index (χ1v) is 8.00. The summed E-state index contributed by atoms with van der Waals surface area (Å²) < 4.78 is 0. The third-order valence-corrected chi connectivity index (χ3v) is 5.28. The van der Waals surface area contributed by atoms with Crippen LogP contribution in [-0.4, -0.2) is 16.8 Å². The molecule has 1 aromatic carbocycles. The van der Waals surface area contributed by atoms with Crippen LogP contribution in [-0.2, 0) is 0 Å². The van der Waals surface area contributed by atoms with E-state index in [1.165, 1.54) is 32.1 Å². The summed E-state index contributed by atoms with van der Waals surface area (Å²) in [5.74, 6) is 0.789. The third kappa shape index (κ3) is 3.76. The molecule has 0 amide bonds. The standard InChI is InChI=1S/C15H19ClOS/c1-11-7-8-12(9-14(11)16)15(17)10-18-13-5-3-2-4-6-13/h7-9,13H,2-6,10H2,1H3. The van der Waals surface area contributed by atoms with E-state index in [1.54, 1.807) is 6.07 Å². The lowest BCUT2D eigenvalue weighted by molar-refractivity contribution is 0.102. The average Bonchev–Trinajstić information content (AvgIpc) is 2.40. The highest BCUT2D eigenvalue weighted by Gasteiger charge is 2.16. The number of rotatable bonds is 4. The molecule has 0 atom stereocenters. The topological polar surface area (TPSA) is 17.1 Å². The van der Waals surface area contributed by atoms with Gasteiger partial charge in [-0.15, -0.1) is 0 Å². The van der Waals surface area contributed by atoms with Crippen LogP contribution in [0.1, 0.15) is 48.0 Å². The smallest absolute Gasteiger partial charge is 0.172 e. The van der Waals surface area contributed by atoms with Gasteiger partial charge in [0.15, 0.2) is 5.78 Å². The van der Waals surface area contributed by atoms with Gasteiger partial charge in [0.2, 0.25) is 0 Å². The number of ketones is 1. The molecule has 0 heterocycles. The van der Waals surface area contributed by atoms with Crippen molar-refractivity contribution in [1.82, 2.24) is 0 Å². The van der Waals surface area contributed by atoms with Crippen LogP contribution < -0.4 is 0 Å². The normalized spacial score (nSPS) is 16.8. The highest BCUT2D eigenvalue weighted by molar-refractivity contribution is 8.00. The Morgan fingerprint density at radius 2 is 2.06 bits per heavy atom. The second-order valence-electron chi connectivity index (χ2n) is 4.96.